The van der Waals surface area contributed by atoms with E-state index in [1.165, 1.54) is 0 Å². The highest BCUT2D eigenvalue weighted by molar-refractivity contribution is 5.79. The first kappa shape index (κ1) is 20.0. The van der Waals surface area contributed by atoms with Crippen LogP contribution in [-0.4, -0.2) is 45.6 Å². The average molecular weight is 402 g/mol. The number of carbonyl (C=O) groups excluding carboxylic acids is 1. The summed E-state index contributed by atoms with van der Waals surface area (Å²) in [5, 5.41) is 8.80. The topological polar surface area (TPSA) is 62.2 Å². The zero-order chi connectivity index (χ0) is 20.8. The fourth-order valence-electron chi connectivity index (χ4n) is 3.96. The molecule has 1 fully saturated rings. The van der Waals surface area contributed by atoms with Gasteiger partial charge in [-0.1, -0.05) is 30.3 Å². The molecule has 4 rings (SSSR count). The lowest BCUT2D eigenvalue weighted by Crippen LogP contribution is -2.45. The average Bonchev–Trinajstić information content (AvgIpc) is 2.83. The van der Waals surface area contributed by atoms with Crippen molar-refractivity contribution in [2.75, 3.05) is 24.5 Å². The lowest BCUT2D eigenvalue weighted by atomic mass is 9.96. The van der Waals surface area contributed by atoms with Gasteiger partial charge in [0.05, 0.1) is 11.6 Å². The van der Waals surface area contributed by atoms with Gasteiger partial charge in [-0.25, -0.2) is 0 Å². The normalized spacial score (nSPS) is 16.3. The van der Waals surface area contributed by atoms with Gasteiger partial charge in [0.1, 0.15) is 0 Å². The molecule has 0 spiro atoms. The summed E-state index contributed by atoms with van der Waals surface area (Å²) < 4.78 is 0. The highest BCUT2D eigenvalue weighted by Gasteiger charge is 2.29. The third-order valence-corrected chi connectivity index (χ3v) is 5.61. The maximum atomic E-state index is 13.2. The second kappa shape index (κ2) is 9.48. The maximum Gasteiger partial charge on any atom is 0.227 e. The van der Waals surface area contributed by atoms with E-state index in [0.29, 0.717) is 19.6 Å². The Labute approximate surface area is 177 Å². The predicted molar refractivity (Wildman–Crippen MR) is 118 cm³/mol. The van der Waals surface area contributed by atoms with E-state index in [0.717, 1.165) is 42.0 Å². The molecule has 1 aliphatic rings. The molecule has 2 aromatic heterocycles. The van der Waals surface area contributed by atoms with Crippen LogP contribution in [0, 0.1) is 5.92 Å². The van der Waals surface area contributed by atoms with Gasteiger partial charge in [0.15, 0.2) is 5.82 Å². The summed E-state index contributed by atoms with van der Waals surface area (Å²) in [5.41, 5.74) is 2.91. The van der Waals surface area contributed by atoms with E-state index in [9.17, 15) is 4.79 Å². The molecule has 1 atom stereocenters. The monoisotopic (exact) mass is 401 g/mol. The molecule has 6 nitrogen and oxygen atoms in total. The molecule has 0 aliphatic carbocycles. The van der Waals surface area contributed by atoms with Crippen molar-refractivity contribution in [3.63, 3.8) is 0 Å². The number of benzene rings is 1. The fraction of sp³-hybridized carbons (Fsp3) is 0.333. The molecule has 1 aromatic carbocycles. The van der Waals surface area contributed by atoms with E-state index in [2.05, 4.69) is 32.2 Å². The van der Waals surface area contributed by atoms with Gasteiger partial charge in [0.2, 0.25) is 5.91 Å². The first-order valence-corrected chi connectivity index (χ1v) is 10.6. The highest BCUT2D eigenvalue weighted by atomic mass is 16.2. The van der Waals surface area contributed by atoms with E-state index in [1.807, 2.05) is 54.3 Å². The Morgan fingerprint density at radius 3 is 2.67 bits per heavy atom. The second-order valence-electron chi connectivity index (χ2n) is 7.64. The van der Waals surface area contributed by atoms with Crippen LogP contribution in [0.1, 0.15) is 25.3 Å². The van der Waals surface area contributed by atoms with E-state index in [4.69, 9.17) is 0 Å². The van der Waals surface area contributed by atoms with Crippen LogP contribution in [0.4, 0.5) is 5.82 Å². The van der Waals surface area contributed by atoms with Crippen molar-refractivity contribution in [3.05, 3.63) is 72.6 Å². The summed E-state index contributed by atoms with van der Waals surface area (Å²) >= 11 is 0. The molecule has 1 unspecified atom stereocenters. The fourth-order valence-corrected chi connectivity index (χ4v) is 3.96. The number of hydrogen-bond donors (Lipinski definition) is 0. The van der Waals surface area contributed by atoms with E-state index in [1.54, 1.807) is 12.4 Å². The standard InChI is InChI=1S/C24H27N5O/c1-2-28(17-19-8-4-3-5-9-19)24(30)21-11-7-15-29(18-21)23-13-12-22(26-27-23)20-10-6-14-25-16-20/h3-6,8-10,12-14,16,21H,2,7,11,15,17-18H2,1H3. The SMILES string of the molecule is CCN(Cc1ccccc1)C(=O)C1CCCN(c2ccc(-c3cccnc3)nn2)C1. The number of carbonyl (C=O) groups is 1. The second-order valence-corrected chi connectivity index (χ2v) is 7.64. The summed E-state index contributed by atoms with van der Waals surface area (Å²) in [6, 6.07) is 18.0. The van der Waals surface area contributed by atoms with E-state index < -0.39 is 0 Å². The number of hydrogen-bond acceptors (Lipinski definition) is 5. The minimum Gasteiger partial charge on any atom is -0.354 e. The minimum absolute atomic E-state index is 0.0118. The Morgan fingerprint density at radius 1 is 1.10 bits per heavy atom. The summed E-state index contributed by atoms with van der Waals surface area (Å²) in [4.78, 5) is 21.5. The van der Waals surface area contributed by atoms with Gasteiger partial charge in [0.25, 0.3) is 0 Å². The summed E-state index contributed by atoms with van der Waals surface area (Å²) in [5.74, 6) is 1.04. The summed E-state index contributed by atoms with van der Waals surface area (Å²) in [6.45, 7) is 5.00. The van der Waals surface area contributed by atoms with Gasteiger partial charge < -0.3 is 9.80 Å². The van der Waals surface area contributed by atoms with Crippen molar-refractivity contribution < 1.29 is 4.79 Å². The summed E-state index contributed by atoms with van der Waals surface area (Å²) in [6.07, 6.45) is 5.42. The molecule has 0 bridgehead atoms. The molecule has 1 aliphatic heterocycles. The van der Waals surface area contributed by atoms with Gasteiger partial charge >= 0.3 is 0 Å². The Balaban J connectivity index is 1.43. The lowest BCUT2D eigenvalue weighted by Gasteiger charge is -2.35. The van der Waals surface area contributed by atoms with Crippen molar-refractivity contribution in [3.8, 4) is 11.3 Å². The molecule has 0 N–H and O–H groups in total. The van der Waals surface area contributed by atoms with Crippen LogP contribution in [0.2, 0.25) is 0 Å². The van der Waals surface area contributed by atoms with Crippen LogP contribution in [0.3, 0.4) is 0 Å². The Kier molecular flexibility index (Phi) is 6.32. The third kappa shape index (κ3) is 4.64. The minimum atomic E-state index is -0.0118. The van der Waals surface area contributed by atoms with Crippen LogP contribution in [0.5, 0.6) is 0 Å². The molecule has 1 amide bonds. The van der Waals surface area contributed by atoms with Crippen LogP contribution in [0.15, 0.2) is 67.0 Å². The van der Waals surface area contributed by atoms with Crippen LogP contribution < -0.4 is 4.90 Å². The molecular weight excluding hydrogens is 374 g/mol. The van der Waals surface area contributed by atoms with Crippen molar-refractivity contribution in [1.29, 1.82) is 0 Å². The third-order valence-electron chi connectivity index (χ3n) is 5.61. The molecule has 3 heterocycles. The zero-order valence-electron chi connectivity index (χ0n) is 17.3. The van der Waals surface area contributed by atoms with Gasteiger partial charge in [0, 0.05) is 44.1 Å². The number of nitrogens with zero attached hydrogens (tertiary/aromatic N) is 5. The molecule has 1 saturated heterocycles. The first-order valence-electron chi connectivity index (χ1n) is 10.6. The first-order chi connectivity index (χ1) is 14.7. The van der Waals surface area contributed by atoms with Crippen LogP contribution in [-0.2, 0) is 11.3 Å². The molecule has 0 radical (unpaired) electrons. The van der Waals surface area contributed by atoms with Gasteiger partial charge in [-0.05, 0) is 49.6 Å². The molecule has 154 valence electrons. The maximum absolute atomic E-state index is 13.2. The van der Waals surface area contributed by atoms with E-state index in [-0.39, 0.29) is 11.8 Å². The summed E-state index contributed by atoms with van der Waals surface area (Å²) in [7, 11) is 0. The van der Waals surface area contributed by atoms with Crippen molar-refractivity contribution >= 4 is 11.7 Å². The molecule has 6 heteroatoms. The largest absolute Gasteiger partial charge is 0.354 e. The van der Waals surface area contributed by atoms with Crippen molar-refractivity contribution in [2.24, 2.45) is 5.92 Å². The Hall–Kier alpha value is -3.28. The van der Waals surface area contributed by atoms with Crippen LogP contribution >= 0.6 is 0 Å². The number of anilines is 1. The highest BCUT2D eigenvalue weighted by Crippen LogP contribution is 2.25. The van der Waals surface area contributed by atoms with Crippen LogP contribution in [0.25, 0.3) is 11.3 Å². The lowest BCUT2D eigenvalue weighted by molar-refractivity contribution is -0.136. The van der Waals surface area contributed by atoms with Crippen molar-refractivity contribution in [1.82, 2.24) is 20.1 Å². The number of pyridine rings is 1. The molecular formula is C24H27N5O. The van der Waals surface area contributed by atoms with E-state index >= 15 is 0 Å². The quantitative estimate of drug-likeness (QED) is 0.629. The molecule has 0 saturated carbocycles. The number of rotatable bonds is 6. The van der Waals surface area contributed by atoms with Gasteiger partial charge in [-0.15, -0.1) is 10.2 Å². The zero-order valence-corrected chi connectivity index (χ0v) is 17.3. The van der Waals surface area contributed by atoms with Gasteiger partial charge in [-0.2, -0.15) is 0 Å². The van der Waals surface area contributed by atoms with Crippen molar-refractivity contribution in [2.45, 2.75) is 26.3 Å². The molecule has 30 heavy (non-hydrogen) atoms. The number of aromatic nitrogens is 3. The van der Waals surface area contributed by atoms with Gasteiger partial charge in [-0.3, -0.25) is 9.78 Å². The predicted octanol–water partition coefficient (Wildman–Crippen LogP) is 3.80. The smallest absolute Gasteiger partial charge is 0.227 e. The Morgan fingerprint density at radius 2 is 1.97 bits per heavy atom. The number of amides is 1. The number of piperidine rings is 1. The molecule has 3 aromatic rings. The Bertz CT molecular complexity index is 946.